The SMILES string of the molecule is Cc1ccnc(N(C)CC2CCOCC2)c1C(N)=S. The standard InChI is InChI=1S/C14H21N3OS/c1-10-3-6-16-14(12(10)13(15)19)17(2)9-11-4-7-18-8-5-11/h3,6,11H,4-5,7-9H2,1-2H3,(H2,15,19). The van der Waals surface area contributed by atoms with Gasteiger partial charge in [0.05, 0.1) is 5.56 Å². The van der Waals surface area contributed by atoms with Crippen molar-refractivity contribution in [1.82, 2.24) is 4.98 Å². The minimum atomic E-state index is 0.416. The fourth-order valence-corrected chi connectivity index (χ4v) is 2.79. The van der Waals surface area contributed by atoms with E-state index in [0.29, 0.717) is 10.9 Å². The molecule has 0 amide bonds. The largest absolute Gasteiger partial charge is 0.389 e. The third kappa shape index (κ3) is 3.42. The van der Waals surface area contributed by atoms with Gasteiger partial charge in [0.25, 0.3) is 0 Å². The summed E-state index contributed by atoms with van der Waals surface area (Å²) in [6.45, 7) is 4.71. The van der Waals surface area contributed by atoms with Gasteiger partial charge in [0, 0.05) is 33.0 Å². The fraction of sp³-hybridized carbons (Fsp3) is 0.571. The number of thiocarbonyl (C=S) groups is 1. The second kappa shape index (κ2) is 6.30. The summed E-state index contributed by atoms with van der Waals surface area (Å²) in [7, 11) is 2.05. The van der Waals surface area contributed by atoms with Gasteiger partial charge in [-0.2, -0.15) is 0 Å². The molecule has 1 fully saturated rings. The number of nitrogens with zero attached hydrogens (tertiary/aromatic N) is 2. The van der Waals surface area contributed by atoms with E-state index in [1.165, 1.54) is 0 Å². The normalized spacial score (nSPS) is 16.3. The van der Waals surface area contributed by atoms with E-state index >= 15 is 0 Å². The molecule has 0 bridgehead atoms. The highest BCUT2D eigenvalue weighted by atomic mass is 32.1. The van der Waals surface area contributed by atoms with E-state index in [1.807, 2.05) is 19.2 Å². The summed E-state index contributed by atoms with van der Waals surface area (Å²) in [5.74, 6) is 1.54. The third-order valence-corrected chi connectivity index (χ3v) is 3.82. The molecule has 0 unspecified atom stereocenters. The van der Waals surface area contributed by atoms with Crippen LogP contribution in [0.2, 0.25) is 0 Å². The molecular weight excluding hydrogens is 258 g/mol. The zero-order chi connectivity index (χ0) is 13.8. The summed E-state index contributed by atoms with van der Waals surface area (Å²) in [5, 5.41) is 0. The molecule has 1 aliphatic heterocycles. The minimum Gasteiger partial charge on any atom is -0.389 e. The topological polar surface area (TPSA) is 51.4 Å². The number of aromatic nitrogens is 1. The van der Waals surface area contributed by atoms with E-state index in [2.05, 4.69) is 16.9 Å². The number of rotatable bonds is 4. The summed E-state index contributed by atoms with van der Waals surface area (Å²) in [6.07, 6.45) is 4.03. The second-order valence-corrected chi connectivity index (χ2v) is 5.57. The molecule has 0 aromatic carbocycles. The first-order valence-corrected chi connectivity index (χ1v) is 7.04. The van der Waals surface area contributed by atoms with Gasteiger partial charge in [0.15, 0.2) is 0 Å². The predicted molar refractivity (Wildman–Crippen MR) is 81.7 cm³/mol. The number of hydrogen-bond acceptors (Lipinski definition) is 4. The van der Waals surface area contributed by atoms with Gasteiger partial charge in [-0.1, -0.05) is 12.2 Å². The van der Waals surface area contributed by atoms with Crippen LogP contribution in [-0.2, 0) is 4.74 Å². The van der Waals surface area contributed by atoms with Gasteiger partial charge in [-0.3, -0.25) is 0 Å². The van der Waals surface area contributed by atoms with Crippen molar-refractivity contribution in [1.29, 1.82) is 0 Å². The van der Waals surface area contributed by atoms with Crippen molar-refractivity contribution in [3.05, 3.63) is 23.4 Å². The lowest BCUT2D eigenvalue weighted by atomic mass is 9.99. The molecule has 2 N–H and O–H groups in total. The van der Waals surface area contributed by atoms with Crippen molar-refractivity contribution in [3.63, 3.8) is 0 Å². The number of anilines is 1. The summed E-state index contributed by atoms with van der Waals surface area (Å²) in [6, 6.07) is 1.94. The van der Waals surface area contributed by atoms with Crippen LogP contribution in [0, 0.1) is 12.8 Å². The van der Waals surface area contributed by atoms with Crippen LogP contribution in [0.3, 0.4) is 0 Å². The zero-order valence-electron chi connectivity index (χ0n) is 11.6. The Morgan fingerprint density at radius 3 is 2.84 bits per heavy atom. The number of aryl methyl sites for hydroxylation is 1. The number of nitrogens with two attached hydrogens (primary N) is 1. The van der Waals surface area contributed by atoms with Gasteiger partial charge < -0.3 is 15.4 Å². The fourth-order valence-electron chi connectivity index (χ4n) is 2.54. The molecule has 0 atom stereocenters. The van der Waals surface area contributed by atoms with Crippen LogP contribution >= 0.6 is 12.2 Å². The van der Waals surface area contributed by atoms with Gasteiger partial charge in [0.2, 0.25) is 0 Å². The molecule has 0 spiro atoms. The van der Waals surface area contributed by atoms with Gasteiger partial charge in [-0.25, -0.2) is 4.98 Å². The lowest BCUT2D eigenvalue weighted by Crippen LogP contribution is -2.31. The first-order valence-electron chi connectivity index (χ1n) is 6.64. The molecule has 0 saturated carbocycles. The molecule has 1 aliphatic rings. The van der Waals surface area contributed by atoms with Crippen molar-refractivity contribution in [2.75, 3.05) is 31.7 Å². The van der Waals surface area contributed by atoms with Crippen molar-refractivity contribution < 1.29 is 4.74 Å². The first-order chi connectivity index (χ1) is 9.09. The molecule has 1 aromatic rings. The lowest BCUT2D eigenvalue weighted by Gasteiger charge is -2.29. The third-order valence-electron chi connectivity index (χ3n) is 3.62. The summed E-state index contributed by atoms with van der Waals surface area (Å²) in [4.78, 5) is 7.03. The molecule has 0 radical (unpaired) electrons. The first kappa shape index (κ1) is 14.2. The Balaban J connectivity index is 2.16. The Kier molecular flexibility index (Phi) is 4.71. The average Bonchev–Trinajstić information content (AvgIpc) is 2.39. The highest BCUT2D eigenvalue weighted by Crippen LogP contribution is 2.23. The summed E-state index contributed by atoms with van der Waals surface area (Å²) < 4.78 is 5.39. The van der Waals surface area contributed by atoms with E-state index in [1.54, 1.807) is 0 Å². The number of ether oxygens (including phenoxy) is 1. The van der Waals surface area contributed by atoms with Crippen LogP contribution in [0.4, 0.5) is 5.82 Å². The van der Waals surface area contributed by atoms with Crippen molar-refractivity contribution in [2.45, 2.75) is 19.8 Å². The van der Waals surface area contributed by atoms with E-state index < -0.39 is 0 Å². The molecule has 2 rings (SSSR count). The van der Waals surface area contributed by atoms with Crippen LogP contribution in [0.25, 0.3) is 0 Å². The average molecular weight is 279 g/mol. The zero-order valence-corrected chi connectivity index (χ0v) is 12.4. The summed E-state index contributed by atoms with van der Waals surface area (Å²) in [5.41, 5.74) is 7.81. The molecule has 0 aliphatic carbocycles. The van der Waals surface area contributed by atoms with Crippen LogP contribution in [0.5, 0.6) is 0 Å². The van der Waals surface area contributed by atoms with Crippen LogP contribution in [0.15, 0.2) is 12.3 Å². The minimum absolute atomic E-state index is 0.416. The maximum atomic E-state index is 5.83. The molecule has 4 nitrogen and oxygen atoms in total. The quantitative estimate of drug-likeness (QED) is 0.853. The van der Waals surface area contributed by atoms with Gasteiger partial charge >= 0.3 is 0 Å². The van der Waals surface area contributed by atoms with E-state index in [4.69, 9.17) is 22.7 Å². The number of pyridine rings is 1. The lowest BCUT2D eigenvalue weighted by molar-refractivity contribution is 0.0685. The highest BCUT2D eigenvalue weighted by molar-refractivity contribution is 7.80. The van der Waals surface area contributed by atoms with Crippen LogP contribution in [-0.4, -0.2) is 36.8 Å². The van der Waals surface area contributed by atoms with E-state index in [9.17, 15) is 0 Å². The van der Waals surface area contributed by atoms with Crippen LogP contribution < -0.4 is 10.6 Å². The molecule has 104 valence electrons. The predicted octanol–water partition coefficient (Wildman–Crippen LogP) is 1.89. The highest BCUT2D eigenvalue weighted by Gasteiger charge is 2.19. The molecule has 5 heteroatoms. The second-order valence-electron chi connectivity index (χ2n) is 5.13. The Bertz CT molecular complexity index is 458. The molecule has 1 aromatic heterocycles. The Hall–Kier alpha value is -1.20. The van der Waals surface area contributed by atoms with Gasteiger partial charge in [-0.15, -0.1) is 0 Å². The summed E-state index contributed by atoms with van der Waals surface area (Å²) >= 11 is 5.15. The maximum Gasteiger partial charge on any atom is 0.138 e. The smallest absolute Gasteiger partial charge is 0.138 e. The van der Waals surface area contributed by atoms with E-state index in [0.717, 1.165) is 49.5 Å². The van der Waals surface area contributed by atoms with Gasteiger partial charge in [-0.05, 0) is 37.3 Å². The number of hydrogen-bond donors (Lipinski definition) is 1. The van der Waals surface area contributed by atoms with E-state index in [-0.39, 0.29) is 0 Å². The Morgan fingerprint density at radius 2 is 2.21 bits per heavy atom. The van der Waals surface area contributed by atoms with Gasteiger partial charge in [0.1, 0.15) is 10.8 Å². The molecule has 2 heterocycles. The molecule has 19 heavy (non-hydrogen) atoms. The van der Waals surface area contributed by atoms with Crippen LogP contribution in [0.1, 0.15) is 24.0 Å². The molecule has 1 saturated heterocycles. The van der Waals surface area contributed by atoms with Crippen molar-refractivity contribution in [2.24, 2.45) is 11.7 Å². The monoisotopic (exact) mass is 279 g/mol. The Labute approximate surface area is 120 Å². The Morgan fingerprint density at radius 1 is 1.53 bits per heavy atom. The van der Waals surface area contributed by atoms with Crippen molar-refractivity contribution >= 4 is 23.0 Å². The molecular formula is C14H21N3OS. The van der Waals surface area contributed by atoms with Crippen molar-refractivity contribution in [3.8, 4) is 0 Å². The maximum absolute atomic E-state index is 5.83.